The third-order valence-corrected chi connectivity index (χ3v) is 3.51. The molecule has 3 aromatic rings. The Labute approximate surface area is 132 Å². The van der Waals surface area contributed by atoms with Gasteiger partial charge in [0.15, 0.2) is 0 Å². The van der Waals surface area contributed by atoms with E-state index in [0.29, 0.717) is 5.69 Å². The number of benzene rings is 2. The second kappa shape index (κ2) is 6.50. The van der Waals surface area contributed by atoms with Gasteiger partial charge in [-0.25, -0.2) is 0 Å². The maximum absolute atomic E-state index is 11.9. The Hall–Kier alpha value is -2.86. The Morgan fingerprint density at radius 1 is 0.957 bits per heavy atom. The summed E-state index contributed by atoms with van der Waals surface area (Å²) < 4.78 is 5.75. The molecule has 0 fully saturated rings. The second-order valence-electron chi connectivity index (χ2n) is 5.13. The molecule has 0 unspecified atom stereocenters. The van der Waals surface area contributed by atoms with Gasteiger partial charge in [0.25, 0.3) is 0 Å². The van der Waals surface area contributed by atoms with Crippen LogP contribution in [-0.2, 0) is 9.59 Å². The van der Waals surface area contributed by atoms with E-state index in [1.54, 1.807) is 13.1 Å². The van der Waals surface area contributed by atoms with Gasteiger partial charge in [-0.05, 0) is 24.3 Å². The Morgan fingerprint density at radius 3 is 2.52 bits per heavy atom. The molecule has 6 nitrogen and oxygen atoms in total. The Morgan fingerprint density at radius 2 is 1.70 bits per heavy atom. The molecular weight excluding hydrogens is 294 g/mol. The lowest BCUT2D eigenvalue weighted by Crippen LogP contribution is -2.36. The number of carbonyl (C=O) groups is 2. The van der Waals surface area contributed by atoms with E-state index in [-0.39, 0.29) is 24.9 Å². The molecule has 23 heavy (non-hydrogen) atoms. The van der Waals surface area contributed by atoms with Crippen molar-refractivity contribution in [2.75, 3.05) is 25.5 Å². The normalized spacial score (nSPS) is 10.8. The fourth-order valence-corrected chi connectivity index (χ4v) is 2.39. The predicted octanol–water partition coefficient (Wildman–Crippen LogP) is 1.86. The topological polar surface area (TPSA) is 83.4 Å². The second-order valence-corrected chi connectivity index (χ2v) is 5.13. The van der Waals surface area contributed by atoms with Crippen LogP contribution in [0.5, 0.6) is 0 Å². The summed E-state index contributed by atoms with van der Waals surface area (Å²) in [6.45, 7) is 0.174. The summed E-state index contributed by atoms with van der Waals surface area (Å²) in [4.78, 5) is 23.0. The molecule has 2 amide bonds. The van der Waals surface area contributed by atoms with Crippen molar-refractivity contribution in [2.45, 2.75) is 0 Å². The van der Waals surface area contributed by atoms with Crippen molar-refractivity contribution in [3.63, 3.8) is 0 Å². The third-order valence-electron chi connectivity index (χ3n) is 3.51. The molecule has 0 radical (unpaired) electrons. The Kier molecular flexibility index (Phi) is 4.25. The molecular formula is C17H17N3O3. The number of anilines is 1. The van der Waals surface area contributed by atoms with E-state index < -0.39 is 0 Å². The number of furan rings is 1. The molecule has 0 spiro atoms. The molecule has 0 aliphatic heterocycles. The number of carbonyl (C=O) groups excluding carboxylic acids is 2. The molecule has 0 aliphatic carbocycles. The summed E-state index contributed by atoms with van der Waals surface area (Å²) in [6, 6.07) is 13.3. The quantitative estimate of drug-likeness (QED) is 0.671. The van der Waals surface area contributed by atoms with Crippen molar-refractivity contribution in [1.29, 1.82) is 0 Å². The van der Waals surface area contributed by atoms with E-state index >= 15 is 0 Å². The SMILES string of the molecule is CNC(=O)CNCC(=O)Nc1ccc2oc3ccccc3c2c1. The molecule has 3 N–H and O–H groups in total. The first-order chi connectivity index (χ1) is 11.2. The van der Waals surface area contributed by atoms with Gasteiger partial charge in [0.2, 0.25) is 11.8 Å². The van der Waals surface area contributed by atoms with Crippen LogP contribution in [0.15, 0.2) is 46.9 Å². The molecule has 1 heterocycles. The highest BCUT2D eigenvalue weighted by atomic mass is 16.3. The predicted molar refractivity (Wildman–Crippen MR) is 89.3 cm³/mol. The summed E-state index contributed by atoms with van der Waals surface area (Å²) in [7, 11) is 1.55. The van der Waals surface area contributed by atoms with Crippen LogP contribution in [0.4, 0.5) is 5.69 Å². The minimum atomic E-state index is -0.207. The molecule has 0 saturated carbocycles. The first-order valence-corrected chi connectivity index (χ1v) is 7.30. The molecule has 118 valence electrons. The molecule has 0 aliphatic rings. The highest BCUT2D eigenvalue weighted by Gasteiger charge is 2.08. The highest BCUT2D eigenvalue weighted by Crippen LogP contribution is 2.30. The molecule has 6 heteroatoms. The summed E-state index contributed by atoms with van der Waals surface area (Å²) in [5.41, 5.74) is 2.29. The van der Waals surface area contributed by atoms with Gasteiger partial charge in [-0.3, -0.25) is 14.9 Å². The van der Waals surface area contributed by atoms with Gasteiger partial charge in [-0.15, -0.1) is 0 Å². The van der Waals surface area contributed by atoms with Crippen molar-refractivity contribution < 1.29 is 14.0 Å². The monoisotopic (exact) mass is 311 g/mol. The van der Waals surface area contributed by atoms with Gasteiger partial charge in [0.1, 0.15) is 11.2 Å². The molecule has 3 rings (SSSR count). The number of hydrogen-bond acceptors (Lipinski definition) is 4. The smallest absolute Gasteiger partial charge is 0.238 e. The van der Waals surface area contributed by atoms with Crippen molar-refractivity contribution in [3.8, 4) is 0 Å². The lowest BCUT2D eigenvalue weighted by Gasteiger charge is -2.06. The first-order valence-electron chi connectivity index (χ1n) is 7.30. The van der Waals surface area contributed by atoms with Gasteiger partial charge in [0.05, 0.1) is 13.1 Å². The zero-order chi connectivity index (χ0) is 16.2. The fraction of sp³-hybridized carbons (Fsp3) is 0.176. The van der Waals surface area contributed by atoms with Crippen LogP contribution in [0.3, 0.4) is 0 Å². The van der Waals surface area contributed by atoms with E-state index in [4.69, 9.17) is 4.42 Å². The standard InChI is InChI=1S/C17H17N3O3/c1-18-16(21)9-19-10-17(22)20-11-6-7-15-13(8-11)12-4-2-3-5-14(12)23-15/h2-8,19H,9-10H2,1H3,(H,18,21)(H,20,22). The maximum Gasteiger partial charge on any atom is 0.238 e. The molecule has 0 saturated heterocycles. The van der Waals surface area contributed by atoms with Gasteiger partial charge >= 0.3 is 0 Å². The summed E-state index contributed by atoms with van der Waals surface area (Å²) in [6.07, 6.45) is 0. The van der Waals surface area contributed by atoms with E-state index in [1.807, 2.05) is 36.4 Å². The number of hydrogen-bond donors (Lipinski definition) is 3. The Balaban J connectivity index is 1.72. The van der Waals surface area contributed by atoms with Crippen molar-refractivity contribution in [2.24, 2.45) is 0 Å². The number of rotatable bonds is 5. The van der Waals surface area contributed by atoms with Gasteiger partial charge in [-0.1, -0.05) is 18.2 Å². The fourth-order valence-electron chi connectivity index (χ4n) is 2.39. The summed E-state index contributed by atoms with van der Waals surface area (Å²) in [5.74, 6) is -0.370. The van der Waals surface area contributed by atoms with Gasteiger partial charge < -0.3 is 15.1 Å². The van der Waals surface area contributed by atoms with Gasteiger partial charge in [0, 0.05) is 23.5 Å². The van der Waals surface area contributed by atoms with Crippen LogP contribution in [0.2, 0.25) is 0 Å². The van der Waals surface area contributed by atoms with Crippen LogP contribution in [-0.4, -0.2) is 32.0 Å². The molecule has 2 aromatic carbocycles. The van der Waals surface area contributed by atoms with E-state index in [1.165, 1.54) is 0 Å². The zero-order valence-electron chi connectivity index (χ0n) is 12.7. The van der Waals surface area contributed by atoms with Crippen LogP contribution in [0.25, 0.3) is 21.9 Å². The minimum Gasteiger partial charge on any atom is -0.456 e. The van der Waals surface area contributed by atoms with Gasteiger partial charge in [-0.2, -0.15) is 0 Å². The number of amides is 2. The van der Waals surface area contributed by atoms with Crippen LogP contribution in [0, 0.1) is 0 Å². The average molecular weight is 311 g/mol. The van der Waals surface area contributed by atoms with E-state index in [9.17, 15) is 9.59 Å². The number of likely N-dealkylation sites (N-methyl/N-ethyl adjacent to an activating group) is 1. The molecule has 0 atom stereocenters. The largest absolute Gasteiger partial charge is 0.456 e. The molecule has 1 aromatic heterocycles. The molecule has 0 bridgehead atoms. The highest BCUT2D eigenvalue weighted by molar-refractivity contribution is 6.07. The summed E-state index contributed by atoms with van der Waals surface area (Å²) >= 11 is 0. The van der Waals surface area contributed by atoms with Crippen LogP contribution >= 0.6 is 0 Å². The maximum atomic E-state index is 11.9. The number of fused-ring (bicyclic) bond motifs is 3. The van der Waals surface area contributed by atoms with Crippen molar-refractivity contribution in [1.82, 2.24) is 10.6 Å². The van der Waals surface area contributed by atoms with Crippen LogP contribution in [0.1, 0.15) is 0 Å². The van der Waals surface area contributed by atoms with E-state index in [2.05, 4.69) is 16.0 Å². The first kappa shape index (κ1) is 15.1. The van der Waals surface area contributed by atoms with Crippen LogP contribution < -0.4 is 16.0 Å². The van der Waals surface area contributed by atoms with Crippen molar-refractivity contribution >= 4 is 39.4 Å². The lowest BCUT2D eigenvalue weighted by atomic mass is 10.1. The number of para-hydroxylation sites is 1. The van der Waals surface area contributed by atoms with Crippen molar-refractivity contribution in [3.05, 3.63) is 42.5 Å². The minimum absolute atomic E-state index is 0.0671. The zero-order valence-corrected chi connectivity index (χ0v) is 12.7. The number of nitrogens with one attached hydrogen (secondary N) is 3. The Bertz CT molecular complexity index is 870. The average Bonchev–Trinajstić information content (AvgIpc) is 2.92. The third kappa shape index (κ3) is 3.32. The lowest BCUT2D eigenvalue weighted by molar-refractivity contribution is -0.119. The summed E-state index contributed by atoms with van der Waals surface area (Å²) in [5, 5.41) is 10.0. The van der Waals surface area contributed by atoms with E-state index in [0.717, 1.165) is 21.9 Å².